The molecule has 0 radical (unpaired) electrons. The van der Waals surface area contributed by atoms with Crippen LogP contribution in [0.4, 0.5) is 4.39 Å². The van der Waals surface area contributed by atoms with E-state index in [0.717, 1.165) is 24.1 Å². The maximum absolute atomic E-state index is 14.9. The Balaban J connectivity index is 1.37. The van der Waals surface area contributed by atoms with Gasteiger partial charge in [-0.25, -0.2) is 9.37 Å². The Kier molecular flexibility index (Phi) is 4.83. The Morgan fingerprint density at radius 3 is 2.87 bits per heavy atom. The number of benzene rings is 1. The lowest BCUT2D eigenvalue weighted by molar-refractivity contribution is 0.148. The number of aromatic hydroxyl groups is 1. The molecule has 4 heterocycles. The summed E-state index contributed by atoms with van der Waals surface area (Å²) in [6, 6.07) is 5.60. The molecule has 2 aliphatic heterocycles. The number of nitrogens with one attached hydrogen (secondary N) is 1. The molecule has 3 aromatic rings. The summed E-state index contributed by atoms with van der Waals surface area (Å²) in [5.74, 6) is 0.679. The van der Waals surface area contributed by atoms with Crippen LogP contribution >= 0.6 is 0 Å². The monoisotopic (exact) mass is 405 g/mol. The van der Waals surface area contributed by atoms with Crippen LogP contribution in [-0.4, -0.2) is 42.9 Å². The highest BCUT2D eigenvalue weighted by atomic mass is 19.1. The van der Waals surface area contributed by atoms with Crippen molar-refractivity contribution in [3.8, 4) is 22.7 Å². The average Bonchev–Trinajstić information content (AvgIpc) is 3.27. The standard InChI is InChI=1S/C23H24FN5O/c1-14-6-16-8-15(23(24)20(7-14)28-16)9-17-11-27-21(12-26-17)19-3-2-18(10-22(19)30)29-5-4-25-13-29/h2-5,9-14,16,20,23,28,30H,6-8H2,1H3/b15-9-/t14?,16-,20+,23+/m0/s1. The number of hydrogen-bond acceptors (Lipinski definition) is 5. The summed E-state index contributed by atoms with van der Waals surface area (Å²) in [6.45, 7) is 2.20. The van der Waals surface area contributed by atoms with E-state index in [9.17, 15) is 9.50 Å². The molecule has 2 bridgehead atoms. The number of phenolic OH excluding ortho intramolecular Hbond substituents is 1. The van der Waals surface area contributed by atoms with Crippen molar-refractivity contribution in [3.63, 3.8) is 0 Å². The number of halogens is 1. The summed E-state index contributed by atoms with van der Waals surface area (Å²) in [5.41, 5.74) is 3.41. The number of aromatic nitrogens is 4. The van der Waals surface area contributed by atoms with Gasteiger partial charge in [0.05, 0.1) is 35.8 Å². The van der Waals surface area contributed by atoms with Crippen LogP contribution in [0.5, 0.6) is 5.75 Å². The highest BCUT2D eigenvalue weighted by molar-refractivity contribution is 5.68. The topological polar surface area (TPSA) is 75.9 Å². The first-order valence-electron chi connectivity index (χ1n) is 10.3. The van der Waals surface area contributed by atoms with Crippen molar-refractivity contribution in [1.82, 2.24) is 24.8 Å². The molecule has 0 aliphatic carbocycles. The first-order valence-corrected chi connectivity index (χ1v) is 10.3. The van der Waals surface area contributed by atoms with Crippen LogP contribution in [0.15, 0.2) is 54.9 Å². The zero-order chi connectivity index (χ0) is 20.7. The summed E-state index contributed by atoms with van der Waals surface area (Å²) >= 11 is 0. The number of fused-ring (bicyclic) bond motifs is 2. The van der Waals surface area contributed by atoms with Gasteiger partial charge in [-0.05, 0) is 49.0 Å². The molecule has 154 valence electrons. The van der Waals surface area contributed by atoms with E-state index >= 15 is 0 Å². The van der Waals surface area contributed by atoms with Gasteiger partial charge in [-0.1, -0.05) is 6.92 Å². The molecule has 2 N–H and O–H groups in total. The van der Waals surface area contributed by atoms with Crippen molar-refractivity contribution in [2.75, 3.05) is 0 Å². The van der Waals surface area contributed by atoms with Crippen LogP contribution < -0.4 is 5.32 Å². The third-order valence-electron chi connectivity index (χ3n) is 6.05. The van der Waals surface area contributed by atoms with E-state index in [0.29, 0.717) is 35.3 Å². The molecular formula is C23H24FN5O. The van der Waals surface area contributed by atoms with Crippen molar-refractivity contribution in [3.05, 3.63) is 60.6 Å². The minimum atomic E-state index is -0.981. The summed E-state index contributed by atoms with van der Waals surface area (Å²) in [4.78, 5) is 12.9. The Labute approximate surface area is 174 Å². The summed E-state index contributed by atoms with van der Waals surface area (Å²) in [7, 11) is 0. The van der Waals surface area contributed by atoms with Gasteiger partial charge >= 0.3 is 0 Å². The number of piperidine rings is 2. The van der Waals surface area contributed by atoms with Gasteiger partial charge in [-0.3, -0.25) is 9.97 Å². The van der Waals surface area contributed by atoms with E-state index in [1.807, 2.05) is 22.9 Å². The molecule has 2 aliphatic rings. The van der Waals surface area contributed by atoms with Crippen molar-refractivity contribution in [2.45, 2.75) is 44.4 Å². The fourth-order valence-electron chi connectivity index (χ4n) is 4.65. The van der Waals surface area contributed by atoms with E-state index in [1.165, 1.54) is 0 Å². The average molecular weight is 405 g/mol. The molecule has 5 rings (SSSR count). The second-order valence-corrected chi connectivity index (χ2v) is 8.37. The predicted molar refractivity (Wildman–Crippen MR) is 113 cm³/mol. The fraction of sp³-hybridized carbons (Fsp3) is 0.348. The van der Waals surface area contributed by atoms with Gasteiger partial charge in [0.2, 0.25) is 0 Å². The van der Waals surface area contributed by atoms with E-state index in [2.05, 4.69) is 27.2 Å². The molecule has 2 saturated heterocycles. The van der Waals surface area contributed by atoms with Gasteiger partial charge < -0.3 is 15.0 Å². The van der Waals surface area contributed by atoms with E-state index in [-0.39, 0.29) is 11.8 Å². The van der Waals surface area contributed by atoms with Gasteiger partial charge in [0.1, 0.15) is 11.9 Å². The largest absolute Gasteiger partial charge is 0.507 e. The third kappa shape index (κ3) is 3.61. The quantitative estimate of drug-likeness (QED) is 0.691. The zero-order valence-corrected chi connectivity index (χ0v) is 16.7. The van der Waals surface area contributed by atoms with Crippen LogP contribution in [0, 0.1) is 5.92 Å². The van der Waals surface area contributed by atoms with Crippen LogP contribution in [0.3, 0.4) is 0 Å². The number of nitrogens with zero attached hydrogens (tertiary/aromatic N) is 4. The lowest BCUT2D eigenvalue weighted by atomic mass is 9.78. The number of hydrogen-bond donors (Lipinski definition) is 2. The number of phenols is 1. The lowest BCUT2D eigenvalue weighted by Gasteiger charge is -2.42. The Morgan fingerprint density at radius 1 is 1.23 bits per heavy atom. The van der Waals surface area contributed by atoms with Gasteiger partial charge in [-0.2, -0.15) is 0 Å². The Bertz CT molecular complexity index is 1060. The predicted octanol–water partition coefficient (Wildman–Crippen LogP) is 3.92. The first kappa shape index (κ1) is 18.9. The van der Waals surface area contributed by atoms with E-state index in [4.69, 9.17) is 0 Å². The van der Waals surface area contributed by atoms with Crippen LogP contribution in [0.1, 0.15) is 31.9 Å². The summed E-state index contributed by atoms with van der Waals surface area (Å²) < 4.78 is 16.7. The smallest absolute Gasteiger partial charge is 0.137 e. The van der Waals surface area contributed by atoms with Crippen molar-refractivity contribution in [2.24, 2.45) is 5.92 Å². The minimum absolute atomic E-state index is 0.100. The molecule has 7 heteroatoms. The summed E-state index contributed by atoms with van der Waals surface area (Å²) in [5, 5.41) is 13.9. The molecule has 2 fully saturated rings. The van der Waals surface area contributed by atoms with Gasteiger partial charge in [-0.15, -0.1) is 0 Å². The highest BCUT2D eigenvalue weighted by Crippen LogP contribution is 2.35. The van der Waals surface area contributed by atoms with Gasteiger partial charge in [0, 0.05) is 36.1 Å². The number of imidazole rings is 1. The number of alkyl halides is 1. The van der Waals surface area contributed by atoms with Crippen LogP contribution in [0.25, 0.3) is 23.0 Å². The highest BCUT2D eigenvalue weighted by Gasteiger charge is 2.38. The van der Waals surface area contributed by atoms with E-state index < -0.39 is 6.17 Å². The van der Waals surface area contributed by atoms with Crippen molar-refractivity contribution >= 4 is 6.08 Å². The molecular weight excluding hydrogens is 381 g/mol. The molecule has 1 aromatic carbocycles. The molecule has 0 saturated carbocycles. The molecule has 6 nitrogen and oxygen atoms in total. The van der Waals surface area contributed by atoms with Gasteiger partial charge in [0.25, 0.3) is 0 Å². The van der Waals surface area contributed by atoms with Crippen molar-refractivity contribution in [1.29, 1.82) is 0 Å². The minimum Gasteiger partial charge on any atom is -0.507 e. The number of rotatable bonds is 3. The van der Waals surface area contributed by atoms with Gasteiger partial charge in [0.15, 0.2) is 0 Å². The summed E-state index contributed by atoms with van der Waals surface area (Å²) in [6.07, 6.45) is 11.9. The molecule has 0 amide bonds. The Morgan fingerprint density at radius 2 is 2.13 bits per heavy atom. The Hall–Kier alpha value is -3.06. The fourth-order valence-corrected chi connectivity index (χ4v) is 4.65. The first-order chi connectivity index (χ1) is 14.6. The maximum atomic E-state index is 14.9. The lowest BCUT2D eigenvalue weighted by Crippen LogP contribution is -2.54. The maximum Gasteiger partial charge on any atom is 0.137 e. The SMILES string of the molecule is CC1C[C@H]2C/C(=C/c3cnc(-c4ccc(-n5ccnc5)cc4O)cn3)[C@@H](F)[C@@H](C1)N2. The van der Waals surface area contributed by atoms with Crippen LogP contribution in [-0.2, 0) is 0 Å². The van der Waals surface area contributed by atoms with E-state index in [1.54, 1.807) is 37.1 Å². The molecule has 1 unspecified atom stereocenters. The second-order valence-electron chi connectivity index (χ2n) is 8.37. The molecule has 30 heavy (non-hydrogen) atoms. The van der Waals surface area contributed by atoms with Crippen LogP contribution in [0.2, 0.25) is 0 Å². The molecule has 2 aromatic heterocycles. The van der Waals surface area contributed by atoms with Crippen molar-refractivity contribution < 1.29 is 9.50 Å². The molecule has 4 atom stereocenters. The normalized spacial score (nSPS) is 27.3. The zero-order valence-electron chi connectivity index (χ0n) is 16.7. The molecule has 0 spiro atoms. The second kappa shape index (κ2) is 7.65. The third-order valence-corrected chi connectivity index (χ3v) is 6.05.